The topological polar surface area (TPSA) is 37.8 Å². The van der Waals surface area contributed by atoms with Crippen LogP contribution in [-0.4, -0.2) is 9.97 Å². The van der Waals surface area contributed by atoms with Crippen LogP contribution in [0.3, 0.4) is 0 Å². The Kier molecular flexibility index (Phi) is 4.83. The van der Waals surface area contributed by atoms with Crippen LogP contribution in [0, 0.1) is 13.8 Å². The van der Waals surface area contributed by atoms with Crippen LogP contribution in [0.15, 0.2) is 66.7 Å². The molecule has 3 heteroatoms. The standard InChI is InChI=1S/C26H27N3/c1-17-10-15-22(18(2)16-17)27-25-21-8-6-7-9-23(21)28-24(29-25)19-11-13-20(14-12-19)26(3,4)5/h6-16H,1-5H3,(H,27,28,29). The van der Waals surface area contributed by atoms with Crippen molar-refractivity contribution in [3.63, 3.8) is 0 Å². The van der Waals surface area contributed by atoms with E-state index in [0.717, 1.165) is 33.8 Å². The SMILES string of the molecule is Cc1ccc(Nc2nc(-c3ccc(C(C)(C)C)cc3)nc3ccccc23)c(C)c1. The summed E-state index contributed by atoms with van der Waals surface area (Å²) in [4.78, 5) is 9.72. The number of hydrogen-bond donors (Lipinski definition) is 1. The number of benzene rings is 3. The minimum absolute atomic E-state index is 0.123. The van der Waals surface area contributed by atoms with Crippen LogP contribution >= 0.6 is 0 Å². The van der Waals surface area contributed by atoms with Crippen molar-refractivity contribution in [1.29, 1.82) is 0 Å². The third kappa shape index (κ3) is 4.00. The highest BCUT2D eigenvalue weighted by Gasteiger charge is 2.15. The quantitative estimate of drug-likeness (QED) is 0.417. The molecule has 4 aromatic rings. The monoisotopic (exact) mass is 381 g/mol. The molecule has 0 spiro atoms. The van der Waals surface area contributed by atoms with E-state index >= 15 is 0 Å². The van der Waals surface area contributed by atoms with Gasteiger partial charge in [-0.05, 0) is 48.6 Å². The first-order valence-corrected chi connectivity index (χ1v) is 10.0. The molecule has 0 atom stereocenters. The van der Waals surface area contributed by atoms with Crippen molar-refractivity contribution in [2.24, 2.45) is 0 Å². The second-order valence-corrected chi connectivity index (χ2v) is 8.68. The summed E-state index contributed by atoms with van der Waals surface area (Å²) in [5.41, 5.74) is 6.89. The lowest BCUT2D eigenvalue weighted by Crippen LogP contribution is -2.10. The van der Waals surface area contributed by atoms with Crippen molar-refractivity contribution in [3.8, 4) is 11.4 Å². The van der Waals surface area contributed by atoms with E-state index in [4.69, 9.17) is 9.97 Å². The molecule has 0 unspecified atom stereocenters. The number of fused-ring (bicyclic) bond motifs is 1. The van der Waals surface area contributed by atoms with E-state index in [2.05, 4.69) is 88.5 Å². The minimum atomic E-state index is 0.123. The Morgan fingerprint density at radius 3 is 2.21 bits per heavy atom. The summed E-state index contributed by atoms with van der Waals surface area (Å²) in [7, 11) is 0. The van der Waals surface area contributed by atoms with Crippen LogP contribution in [0.5, 0.6) is 0 Å². The molecule has 0 aliphatic rings. The zero-order valence-electron chi connectivity index (χ0n) is 17.7. The summed E-state index contributed by atoms with van der Waals surface area (Å²) in [5.74, 6) is 1.56. The normalized spacial score (nSPS) is 11.6. The molecule has 0 radical (unpaired) electrons. The number of aryl methyl sites for hydroxylation is 2. The number of anilines is 2. The molecule has 0 aliphatic carbocycles. The molecule has 146 valence electrons. The lowest BCUT2D eigenvalue weighted by Gasteiger charge is -2.19. The van der Waals surface area contributed by atoms with Gasteiger partial charge in [-0.15, -0.1) is 0 Å². The van der Waals surface area contributed by atoms with Gasteiger partial charge in [0.2, 0.25) is 0 Å². The second-order valence-electron chi connectivity index (χ2n) is 8.68. The van der Waals surface area contributed by atoms with Crippen molar-refractivity contribution in [2.75, 3.05) is 5.32 Å². The van der Waals surface area contributed by atoms with Crippen LogP contribution in [0.1, 0.15) is 37.5 Å². The Morgan fingerprint density at radius 2 is 1.52 bits per heavy atom. The second kappa shape index (κ2) is 7.32. The van der Waals surface area contributed by atoms with Gasteiger partial charge in [0.25, 0.3) is 0 Å². The summed E-state index contributed by atoms with van der Waals surface area (Å²) in [6, 6.07) is 23.1. The molecule has 0 bridgehead atoms. The highest BCUT2D eigenvalue weighted by Crippen LogP contribution is 2.30. The lowest BCUT2D eigenvalue weighted by molar-refractivity contribution is 0.590. The molecule has 0 aliphatic heterocycles. The summed E-state index contributed by atoms with van der Waals surface area (Å²) < 4.78 is 0. The van der Waals surface area contributed by atoms with Crippen molar-refractivity contribution in [2.45, 2.75) is 40.0 Å². The molecular formula is C26H27N3. The molecule has 1 N–H and O–H groups in total. The molecule has 29 heavy (non-hydrogen) atoms. The van der Waals surface area contributed by atoms with Gasteiger partial charge < -0.3 is 5.32 Å². The van der Waals surface area contributed by atoms with Gasteiger partial charge in [-0.3, -0.25) is 0 Å². The number of aromatic nitrogens is 2. The molecule has 0 saturated heterocycles. The predicted octanol–water partition coefficient (Wildman–Crippen LogP) is 6.95. The Bertz CT molecular complexity index is 1170. The zero-order chi connectivity index (χ0) is 20.6. The molecule has 0 saturated carbocycles. The smallest absolute Gasteiger partial charge is 0.162 e. The first-order chi connectivity index (χ1) is 13.8. The van der Waals surface area contributed by atoms with Crippen LogP contribution in [0.25, 0.3) is 22.3 Å². The maximum absolute atomic E-state index is 4.90. The van der Waals surface area contributed by atoms with Crippen LogP contribution in [-0.2, 0) is 5.41 Å². The van der Waals surface area contributed by atoms with Crippen molar-refractivity contribution in [3.05, 3.63) is 83.4 Å². The minimum Gasteiger partial charge on any atom is -0.339 e. The summed E-state index contributed by atoms with van der Waals surface area (Å²) in [5, 5.41) is 4.55. The first-order valence-electron chi connectivity index (χ1n) is 10.0. The van der Waals surface area contributed by atoms with Gasteiger partial charge in [-0.1, -0.05) is 74.9 Å². The van der Waals surface area contributed by atoms with Gasteiger partial charge in [0.15, 0.2) is 5.82 Å². The number of para-hydroxylation sites is 1. The Morgan fingerprint density at radius 1 is 0.793 bits per heavy atom. The number of nitrogens with zero attached hydrogens (tertiary/aromatic N) is 2. The van der Waals surface area contributed by atoms with Gasteiger partial charge in [0.1, 0.15) is 5.82 Å². The summed E-state index contributed by atoms with van der Waals surface area (Å²) in [6.45, 7) is 10.9. The maximum atomic E-state index is 4.90. The Labute approximate surface area is 172 Å². The summed E-state index contributed by atoms with van der Waals surface area (Å²) in [6.07, 6.45) is 0. The lowest BCUT2D eigenvalue weighted by atomic mass is 9.87. The number of hydrogen-bond acceptors (Lipinski definition) is 3. The van der Waals surface area contributed by atoms with Gasteiger partial charge in [0, 0.05) is 16.6 Å². The van der Waals surface area contributed by atoms with E-state index in [1.54, 1.807) is 0 Å². The number of nitrogens with one attached hydrogen (secondary N) is 1. The van der Waals surface area contributed by atoms with E-state index in [1.165, 1.54) is 16.7 Å². The largest absolute Gasteiger partial charge is 0.339 e. The average molecular weight is 382 g/mol. The number of rotatable bonds is 3. The third-order valence-electron chi connectivity index (χ3n) is 5.25. The third-order valence-corrected chi connectivity index (χ3v) is 5.25. The average Bonchev–Trinajstić information content (AvgIpc) is 2.69. The van der Waals surface area contributed by atoms with E-state index in [1.807, 2.05) is 18.2 Å². The van der Waals surface area contributed by atoms with E-state index in [9.17, 15) is 0 Å². The molecular weight excluding hydrogens is 354 g/mol. The Balaban J connectivity index is 1.80. The first kappa shape index (κ1) is 19.1. The molecule has 1 aromatic heterocycles. The summed E-state index contributed by atoms with van der Waals surface area (Å²) >= 11 is 0. The molecule has 0 fully saturated rings. The Hall–Kier alpha value is -3.20. The van der Waals surface area contributed by atoms with Crippen molar-refractivity contribution < 1.29 is 0 Å². The van der Waals surface area contributed by atoms with Crippen molar-refractivity contribution >= 4 is 22.4 Å². The van der Waals surface area contributed by atoms with E-state index in [-0.39, 0.29) is 5.41 Å². The molecule has 1 heterocycles. The fourth-order valence-electron chi connectivity index (χ4n) is 3.50. The van der Waals surface area contributed by atoms with Crippen molar-refractivity contribution in [1.82, 2.24) is 9.97 Å². The van der Waals surface area contributed by atoms with Gasteiger partial charge >= 0.3 is 0 Å². The van der Waals surface area contributed by atoms with E-state index < -0.39 is 0 Å². The van der Waals surface area contributed by atoms with Crippen LogP contribution in [0.4, 0.5) is 11.5 Å². The molecule has 4 rings (SSSR count). The zero-order valence-corrected chi connectivity index (χ0v) is 17.7. The van der Waals surface area contributed by atoms with Crippen LogP contribution < -0.4 is 5.32 Å². The maximum Gasteiger partial charge on any atom is 0.162 e. The predicted molar refractivity (Wildman–Crippen MR) is 123 cm³/mol. The van der Waals surface area contributed by atoms with Gasteiger partial charge in [-0.2, -0.15) is 0 Å². The molecule has 0 amide bonds. The fraction of sp³-hybridized carbons (Fsp3) is 0.231. The molecule has 3 nitrogen and oxygen atoms in total. The van der Waals surface area contributed by atoms with Crippen LogP contribution in [0.2, 0.25) is 0 Å². The van der Waals surface area contributed by atoms with Gasteiger partial charge in [-0.25, -0.2) is 9.97 Å². The van der Waals surface area contributed by atoms with Gasteiger partial charge in [0.05, 0.1) is 5.52 Å². The fourth-order valence-corrected chi connectivity index (χ4v) is 3.50. The molecule has 3 aromatic carbocycles. The highest BCUT2D eigenvalue weighted by atomic mass is 15.0. The van der Waals surface area contributed by atoms with E-state index in [0.29, 0.717) is 0 Å². The highest BCUT2D eigenvalue weighted by molar-refractivity contribution is 5.92.